The standard InChI is InChI=1S/C12H14N2O4/c1-7(12(17)18)11(16)14-9-5-3-2-4-8(9)6-10(13)15/h2-5,7H,6H2,1H3,(H2,13,15)(H,14,16)(H,17,18). The van der Waals surface area contributed by atoms with Crippen molar-refractivity contribution < 1.29 is 19.5 Å². The number of aliphatic carboxylic acids is 1. The number of carbonyl (C=O) groups is 3. The fraction of sp³-hybridized carbons (Fsp3) is 0.250. The third-order valence-corrected chi connectivity index (χ3v) is 2.40. The largest absolute Gasteiger partial charge is 0.481 e. The second-order valence-electron chi connectivity index (χ2n) is 3.85. The van der Waals surface area contributed by atoms with Crippen LogP contribution in [0.5, 0.6) is 0 Å². The second kappa shape index (κ2) is 5.81. The lowest BCUT2D eigenvalue weighted by Crippen LogP contribution is -2.27. The van der Waals surface area contributed by atoms with E-state index in [1.165, 1.54) is 6.92 Å². The van der Waals surface area contributed by atoms with Gasteiger partial charge in [0.05, 0.1) is 6.42 Å². The van der Waals surface area contributed by atoms with Crippen LogP contribution in [-0.2, 0) is 20.8 Å². The number of rotatable bonds is 5. The highest BCUT2D eigenvalue weighted by molar-refractivity contribution is 6.04. The number of carbonyl (C=O) groups excluding carboxylic acids is 2. The van der Waals surface area contributed by atoms with Crippen molar-refractivity contribution in [1.29, 1.82) is 0 Å². The maximum Gasteiger partial charge on any atom is 0.315 e. The van der Waals surface area contributed by atoms with Crippen LogP contribution in [0.1, 0.15) is 12.5 Å². The number of nitrogens with two attached hydrogens (primary N) is 1. The van der Waals surface area contributed by atoms with Crippen molar-refractivity contribution in [2.45, 2.75) is 13.3 Å². The second-order valence-corrected chi connectivity index (χ2v) is 3.85. The van der Waals surface area contributed by atoms with Gasteiger partial charge in [-0.05, 0) is 18.6 Å². The average molecular weight is 250 g/mol. The van der Waals surface area contributed by atoms with E-state index in [-0.39, 0.29) is 6.42 Å². The number of anilines is 1. The zero-order valence-electron chi connectivity index (χ0n) is 9.84. The van der Waals surface area contributed by atoms with Gasteiger partial charge >= 0.3 is 5.97 Å². The Morgan fingerprint density at radius 3 is 2.50 bits per heavy atom. The number of primary amides is 1. The smallest absolute Gasteiger partial charge is 0.315 e. The van der Waals surface area contributed by atoms with Crippen LogP contribution < -0.4 is 11.1 Å². The molecule has 0 aliphatic rings. The van der Waals surface area contributed by atoms with Crippen LogP contribution in [0.25, 0.3) is 0 Å². The van der Waals surface area contributed by atoms with Gasteiger partial charge in [-0.25, -0.2) is 0 Å². The molecule has 0 aromatic heterocycles. The highest BCUT2D eigenvalue weighted by atomic mass is 16.4. The minimum absolute atomic E-state index is 0.0160. The summed E-state index contributed by atoms with van der Waals surface area (Å²) in [5.74, 6) is -3.53. The van der Waals surface area contributed by atoms with Gasteiger partial charge in [0.25, 0.3) is 0 Å². The van der Waals surface area contributed by atoms with E-state index in [4.69, 9.17) is 10.8 Å². The number of benzene rings is 1. The SMILES string of the molecule is CC(C(=O)O)C(=O)Nc1ccccc1CC(N)=O. The molecule has 6 heteroatoms. The topological polar surface area (TPSA) is 109 Å². The first-order valence-electron chi connectivity index (χ1n) is 5.31. The zero-order chi connectivity index (χ0) is 13.7. The Morgan fingerprint density at radius 1 is 1.33 bits per heavy atom. The fourth-order valence-electron chi connectivity index (χ4n) is 1.34. The zero-order valence-corrected chi connectivity index (χ0v) is 9.84. The molecular formula is C12H14N2O4. The highest BCUT2D eigenvalue weighted by Gasteiger charge is 2.21. The molecule has 0 aliphatic heterocycles. The number of hydrogen-bond acceptors (Lipinski definition) is 3. The fourth-order valence-corrected chi connectivity index (χ4v) is 1.34. The Hall–Kier alpha value is -2.37. The van der Waals surface area contributed by atoms with Gasteiger partial charge in [0.15, 0.2) is 0 Å². The first-order valence-corrected chi connectivity index (χ1v) is 5.31. The lowest BCUT2D eigenvalue weighted by Gasteiger charge is -2.11. The quantitative estimate of drug-likeness (QED) is 0.656. The van der Waals surface area contributed by atoms with E-state index in [1.54, 1.807) is 24.3 Å². The van der Waals surface area contributed by atoms with E-state index in [0.717, 1.165) is 0 Å². The summed E-state index contributed by atoms with van der Waals surface area (Å²) in [6.07, 6.45) is -0.0160. The third-order valence-electron chi connectivity index (χ3n) is 2.40. The summed E-state index contributed by atoms with van der Waals surface area (Å²) in [5.41, 5.74) is 6.04. The number of carboxylic acid groups (broad SMARTS) is 1. The molecule has 0 saturated carbocycles. The molecule has 0 heterocycles. The van der Waals surface area contributed by atoms with Gasteiger partial charge in [0, 0.05) is 5.69 Å². The van der Waals surface area contributed by atoms with Gasteiger partial charge in [0.1, 0.15) is 5.92 Å². The molecular weight excluding hydrogens is 236 g/mol. The Bertz CT molecular complexity index is 485. The maximum atomic E-state index is 11.6. The van der Waals surface area contributed by atoms with Crippen molar-refractivity contribution in [3.63, 3.8) is 0 Å². The Morgan fingerprint density at radius 2 is 1.94 bits per heavy atom. The number of amides is 2. The van der Waals surface area contributed by atoms with E-state index in [9.17, 15) is 14.4 Å². The van der Waals surface area contributed by atoms with Crippen molar-refractivity contribution in [2.75, 3.05) is 5.32 Å². The normalized spacial score (nSPS) is 11.6. The molecule has 0 bridgehead atoms. The summed E-state index contributed by atoms with van der Waals surface area (Å²) < 4.78 is 0. The minimum atomic E-state index is -1.21. The molecule has 1 unspecified atom stereocenters. The van der Waals surface area contributed by atoms with Gasteiger partial charge < -0.3 is 16.2 Å². The maximum absolute atomic E-state index is 11.6. The Labute approximate surface area is 104 Å². The molecule has 0 fully saturated rings. The van der Waals surface area contributed by atoms with Crippen LogP contribution in [0.3, 0.4) is 0 Å². The van der Waals surface area contributed by atoms with Crippen LogP contribution in [0.4, 0.5) is 5.69 Å². The molecule has 1 atom stereocenters. The summed E-state index contributed by atoms with van der Waals surface area (Å²) in [5, 5.41) is 11.2. The molecule has 18 heavy (non-hydrogen) atoms. The molecule has 0 saturated heterocycles. The summed E-state index contributed by atoms with van der Waals surface area (Å²) >= 11 is 0. The number of para-hydroxylation sites is 1. The Balaban J connectivity index is 2.87. The van der Waals surface area contributed by atoms with E-state index in [2.05, 4.69) is 5.32 Å². The van der Waals surface area contributed by atoms with Crippen LogP contribution in [0, 0.1) is 5.92 Å². The summed E-state index contributed by atoms with van der Waals surface area (Å²) in [7, 11) is 0. The summed E-state index contributed by atoms with van der Waals surface area (Å²) in [4.78, 5) is 33.1. The van der Waals surface area contributed by atoms with Crippen molar-refractivity contribution >= 4 is 23.5 Å². The average Bonchev–Trinajstić information content (AvgIpc) is 2.29. The van der Waals surface area contributed by atoms with Gasteiger partial charge in [-0.15, -0.1) is 0 Å². The molecule has 0 aliphatic carbocycles. The lowest BCUT2D eigenvalue weighted by atomic mass is 10.1. The number of hydrogen-bond donors (Lipinski definition) is 3. The van der Waals surface area contributed by atoms with Crippen molar-refractivity contribution in [3.05, 3.63) is 29.8 Å². The van der Waals surface area contributed by atoms with E-state index in [0.29, 0.717) is 11.3 Å². The van der Waals surface area contributed by atoms with Crippen molar-refractivity contribution in [3.8, 4) is 0 Å². The minimum Gasteiger partial charge on any atom is -0.481 e. The highest BCUT2D eigenvalue weighted by Crippen LogP contribution is 2.16. The monoisotopic (exact) mass is 250 g/mol. The van der Waals surface area contributed by atoms with E-state index in [1.807, 2.05) is 0 Å². The molecule has 6 nitrogen and oxygen atoms in total. The molecule has 1 aromatic carbocycles. The van der Waals surface area contributed by atoms with Gasteiger partial charge in [-0.1, -0.05) is 18.2 Å². The predicted molar refractivity (Wildman–Crippen MR) is 64.8 cm³/mol. The summed E-state index contributed by atoms with van der Waals surface area (Å²) in [6.45, 7) is 1.29. The predicted octanol–water partition coefficient (Wildman–Crippen LogP) is 0.374. The van der Waals surface area contributed by atoms with Crippen molar-refractivity contribution in [1.82, 2.24) is 0 Å². The van der Waals surface area contributed by atoms with Crippen LogP contribution >= 0.6 is 0 Å². The third kappa shape index (κ3) is 3.58. The number of carboxylic acids is 1. The molecule has 96 valence electrons. The molecule has 2 amide bonds. The number of nitrogens with one attached hydrogen (secondary N) is 1. The van der Waals surface area contributed by atoms with Gasteiger partial charge in [-0.2, -0.15) is 0 Å². The Kier molecular flexibility index (Phi) is 4.42. The summed E-state index contributed by atoms with van der Waals surface area (Å²) in [6, 6.07) is 6.61. The van der Waals surface area contributed by atoms with Crippen molar-refractivity contribution in [2.24, 2.45) is 11.7 Å². The molecule has 0 spiro atoms. The molecule has 1 rings (SSSR count). The van der Waals surface area contributed by atoms with Crippen LogP contribution in [-0.4, -0.2) is 22.9 Å². The molecule has 1 aromatic rings. The van der Waals surface area contributed by atoms with Gasteiger partial charge in [0.2, 0.25) is 11.8 Å². The van der Waals surface area contributed by atoms with E-state index >= 15 is 0 Å². The first-order chi connectivity index (χ1) is 8.41. The first kappa shape index (κ1) is 13.7. The molecule has 4 N–H and O–H groups in total. The molecule has 0 radical (unpaired) electrons. The van der Waals surface area contributed by atoms with Gasteiger partial charge in [-0.3, -0.25) is 14.4 Å². The van der Waals surface area contributed by atoms with Crippen LogP contribution in [0.2, 0.25) is 0 Å². The lowest BCUT2D eigenvalue weighted by molar-refractivity contribution is -0.144. The van der Waals surface area contributed by atoms with Crippen LogP contribution in [0.15, 0.2) is 24.3 Å². The van der Waals surface area contributed by atoms with E-state index < -0.39 is 23.7 Å².